The molecule has 2 heterocycles. The fraction of sp³-hybridized carbons (Fsp3) is 0.200. The number of rotatable bonds is 7. The molecule has 3 N–H and O–H groups in total. The van der Waals surface area contributed by atoms with Crippen LogP contribution in [0.4, 0.5) is 0 Å². The predicted molar refractivity (Wildman–Crippen MR) is 125 cm³/mol. The Morgan fingerprint density at radius 3 is 2.32 bits per heavy atom. The first-order chi connectivity index (χ1) is 16.2. The van der Waals surface area contributed by atoms with Gasteiger partial charge in [0.25, 0.3) is 0 Å². The molecule has 34 heavy (non-hydrogen) atoms. The third-order valence-electron chi connectivity index (χ3n) is 5.56. The summed E-state index contributed by atoms with van der Waals surface area (Å²) in [5, 5.41) is 14.6. The molecule has 9 nitrogen and oxygen atoms in total. The molecule has 174 valence electrons. The van der Waals surface area contributed by atoms with E-state index in [9.17, 15) is 19.2 Å². The maximum absolute atomic E-state index is 12.6. The number of carbonyl (C=O) groups excluding carboxylic acids is 2. The molecule has 4 aromatic rings. The molecule has 0 aliphatic rings. The summed E-state index contributed by atoms with van der Waals surface area (Å²) >= 11 is 0. The SMILES string of the molecule is Cc1ccc(-c2coc3cc4oc(=O)c(CC(=O)NCC(=O)NCC(=O)O)c(C)c4cc23)cc1. The van der Waals surface area contributed by atoms with Crippen LogP contribution in [0.25, 0.3) is 33.1 Å². The topological polar surface area (TPSA) is 139 Å². The minimum Gasteiger partial charge on any atom is -0.480 e. The smallest absolute Gasteiger partial charge is 0.340 e. The van der Waals surface area contributed by atoms with Gasteiger partial charge >= 0.3 is 11.6 Å². The number of aliphatic carboxylic acids is 1. The molecule has 4 rings (SSSR count). The van der Waals surface area contributed by atoms with Gasteiger partial charge in [0.15, 0.2) is 0 Å². The van der Waals surface area contributed by atoms with E-state index in [0.717, 1.165) is 22.1 Å². The Morgan fingerprint density at radius 1 is 0.912 bits per heavy atom. The van der Waals surface area contributed by atoms with Gasteiger partial charge in [-0.3, -0.25) is 14.4 Å². The molecule has 0 atom stereocenters. The van der Waals surface area contributed by atoms with Crippen LogP contribution < -0.4 is 16.3 Å². The van der Waals surface area contributed by atoms with Crippen molar-refractivity contribution < 1.29 is 28.3 Å². The molecule has 0 saturated carbocycles. The van der Waals surface area contributed by atoms with Crippen LogP contribution in [-0.4, -0.2) is 36.0 Å². The molecule has 0 aliphatic carbocycles. The lowest BCUT2D eigenvalue weighted by Gasteiger charge is -2.09. The van der Waals surface area contributed by atoms with Gasteiger partial charge < -0.3 is 24.6 Å². The van der Waals surface area contributed by atoms with E-state index >= 15 is 0 Å². The lowest BCUT2D eigenvalue weighted by atomic mass is 9.99. The highest BCUT2D eigenvalue weighted by molar-refractivity contribution is 6.02. The first-order valence-corrected chi connectivity index (χ1v) is 10.5. The van der Waals surface area contributed by atoms with Crippen molar-refractivity contribution in [3.63, 3.8) is 0 Å². The molecule has 9 heteroatoms. The van der Waals surface area contributed by atoms with Gasteiger partial charge in [0.05, 0.1) is 24.8 Å². The van der Waals surface area contributed by atoms with Gasteiger partial charge in [-0.1, -0.05) is 29.8 Å². The van der Waals surface area contributed by atoms with E-state index in [2.05, 4.69) is 10.6 Å². The zero-order valence-electron chi connectivity index (χ0n) is 18.6. The average molecular weight is 462 g/mol. The van der Waals surface area contributed by atoms with Crippen LogP contribution in [0, 0.1) is 13.8 Å². The molecule has 0 aliphatic heterocycles. The molecule has 2 aromatic heterocycles. The number of aryl methyl sites for hydroxylation is 2. The van der Waals surface area contributed by atoms with Crippen molar-refractivity contribution in [1.82, 2.24) is 10.6 Å². The lowest BCUT2D eigenvalue weighted by molar-refractivity contribution is -0.137. The maximum Gasteiger partial charge on any atom is 0.340 e. The Hall–Kier alpha value is -4.40. The molecule has 0 fully saturated rings. The molecule has 0 saturated heterocycles. The van der Waals surface area contributed by atoms with Crippen LogP contribution in [0.1, 0.15) is 16.7 Å². The highest BCUT2D eigenvalue weighted by Crippen LogP contribution is 2.34. The largest absolute Gasteiger partial charge is 0.480 e. The van der Waals surface area contributed by atoms with Crippen LogP contribution in [-0.2, 0) is 20.8 Å². The number of amides is 2. The Morgan fingerprint density at radius 2 is 1.62 bits per heavy atom. The molecule has 0 spiro atoms. The number of carboxylic acids is 1. The van der Waals surface area contributed by atoms with E-state index in [4.69, 9.17) is 13.9 Å². The van der Waals surface area contributed by atoms with Crippen molar-refractivity contribution in [1.29, 1.82) is 0 Å². The minimum absolute atomic E-state index is 0.177. The molecule has 0 unspecified atom stereocenters. The molecule has 2 amide bonds. The normalized spacial score (nSPS) is 11.0. The Labute approximate surface area is 193 Å². The van der Waals surface area contributed by atoms with E-state index in [1.54, 1.807) is 19.3 Å². The van der Waals surface area contributed by atoms with Crippen LogP contribution >= 0.6 is 0 Å². The van der Waals surface area contributed by atoms with Crippen molar-refractivity contribution >= 4 is 39.7 Å². The van der Waals surface area contributed by atoms with E-state index in [-0.39, 0.29) is 12.0 Å². The summed E-state index contributed by atoms with van der Waals surface area (Å²) in [6, 6.07) is 11.6. The Bertz CT molecular complexity index is 1480. The summed E-state index contributed by atoms with van der Waals surface area (Å²) in [6.45, 7) is 2.80. The standard InChI is InChI=1S/C25H22N2O7/c1-13-3-5-15(6-4-13)19-12-33-20-9-21-16(7-18(19)20)14(2)17(25(32)34-21)8-22(28)26-10-23(29)27-11-24(30)31/h3-7,9,12H,8,10-11H2,1-2H3,(H,26,28)(H,27,29)(H,30,31). The molecule has 0 bridgehead atoms. The second kappa shape index (κ2) is 9.22. The molecular formula is C25H22N2O7. The number of carboxylic acid groups (broad SMARTS) is 1. The predicted octanol–water partition coefficient (Wildman–Crippen LogP) is 2.68. The highest BCUT2D eigenvalue weighted by Gasteiger charge is 2.18. The van der Waals surface area contributed by atoms with Gasteiger partial charge in [-0.2, -0.15) is 0 Å². The monoisotopic (exact) mass is 462 g/mol. The number of carbonyl (C=O) groups is 3. The van der Waals surface area contributed by atoms with E-state index < -0.39 is 36.5 Å². The summed E-state index contributed by atoms with van der Waals surface area (Å²) in [5.41, 5.74) is 4.06. The number of nitrogens with one attached hydrogen (secondary N) is 2. The van der Waals surface area contributed by atoms with Gasteiger partial charge in [-0.05, 0) is 31.0 Å². The van der Waals surface area contributed by atoms with Gasteiger partial charge in [-0.25, -0.2) is 4.79 Å². The molecule has 2 aromatic carbocycles. The van der Waals surface area contributed by atoms with Crippen LogP contribution in [0.5, 0.6) is 0 Å². The number of hydrogen-bond donors (Lipinski definition) is 3. The van der Waals surface area contributed by atoms with Gasteiger partial charge in [-0.15, -0.1) is 0 Å². The number of fused-ring (bicyclic) bond motifs is 2. The van der Waals surface area contributed by atoms with Gasteiger partial charge in [0.1, 0.15) is 17.7 Å². The highest BCUT2D eigenvalue weighted by atomic mass is 16.4. The summed E-state index contributed by atoms with van der Waals surface area (Å²) in [7, 11) is 0. The number of furan rings is 1. The third-order valence-corrected chi connectivity index (χ3v) is 5.56. The van der Waals surface area contributed by atoms with Gasteiger partial charge in [0, 0.05) is 22.4 Å². The second-order valence-corrected chi connectivity index (χ2v) is 7.98. The Balaban J connectivity index is 1.62. The maximum atomic E-state index is 12.6. The van der Waals surface area contributed by atoms with Crippen molar-refractivity contribution in [2.45, 2.75) is 20.3 Å². The first kappa shape index (κ1) is 22.8. The van der Waals surface area contributed by atoms with E-state index in [1.165, 1.54) is 0 Å². The van der Waals surface area contributed by atoms with Crippen molar-refractivity contribution in [3.05, 3.63) is 69.8 Å². The average Bonchev–Trinajstić information content (AvgIpc) is 3.21. The summed E-state index contributed by atoms with van der Waals surface area (Å²) < 4.78 is 11.2. The second-order valence-electron chi connectivity index (χ2n) is 7.98. The quantitative estimate of drug-likeness (QED) is 0.359. The summed E-state index contributed by atoms with van der Waals surface area (Å²) in [4.78, 5) is 47.0. The minimum atomic E-state index is -1.19. The van der Waals surface area contributed by atoms with Gasteiger partial charge in [0.2, 0.25) is 11.8 Å². The summed E-state index contributed by atoms with van der Waals surface area (Å²) in [6.07, 6.45) is 1.37. The van der Waals surface area contributed by atoms with Crippen LogP contribution in [0.2, 0.25) is 0 Å². The van der Waals surface area contributed by atoms with Crippen LogP contribution in [0.3, 0.4) is 0 Å². The number of hydrogen-bond acceptors (Lipinski definition) is 6. The van der Waals surface area contributed by atoms with Crippen LogP contribution in [0.15, 0.2) is 56.3 Å². The molecular weight excluding hydrogens is 440 g/mol. The fourth-order valence-corrected chi connectivity index (χ4v) is 3.71. The van der Waals surface area contributed by atoms with Crippen molar-refractivity contribution in [2.75, 3.05) is 13.1 Å². The number of benzene rings is 2. The fourth-order valence-electron chi connectivity index (χ4n) is 3.71. The van der Waals surface area contributed by atoms with Crippen molar-refractivity contribution in [3.8, 4) is 11.1 Å². The van der Waals surface area contributed by atoms with E-state index in [0.29, 0.717) is 22.1 Å². The first-order valence-electron chi connectivity index (χ1n) is 10.5. The zero-order chi connectivity index (χ0) is 24.4. The summed E-state index contributed by atoms with van der Waals surface area (Å²) in [5.74, 6) is -2.41. The Kier molecular flexibility index (Phi) is 6.18. The third kappa shape index (κ3) is 4.68. The molecule has 0 radical (unpaired) electrons. The zero-order valence-corrected chi connectivity index (χ0v) is 18.6. The lowest BCUT2D eigenvalue weighted by Crippen LogP contribution is -2.39. The van der Waals surface area contributed by atoms with Crippen molar-refractivity contribution in [2.24, 2.45) is 0 Å². The van der Waals surface area contributed by atoms with E-state index in [1.807, 2.05) is 37.3 Å².